The average molecular weight is 441 g/mol. The number of hydrogen-bond acceptors (Lipinski definition) is 6. The molecule has 4 aromatic carbocycles. The largest absolute Gasteiger partial charge is 0.449 e. The van der Waals surface area contributed by atoms with E-state index in [2.05, 4.69) is 4.99 Å². The summed E-state index contributed by atoms with van der Waals surface area (Å²) in [5.74, 6) is 0.250. The minimum Gasteiger partial charge on any atom is -0.449 e. The second-order valence-corrected chi connectivity index (χ2v) is 7.49. The smallest absolute Gasteiger partial charge is 0.318 e. The second kappa shape index (κ2) is 8.88. The Morgan fingerprint density at radius 2 is 1.58 bits per heavy atom. The standard InChI is InChI=1S/C25H19N3O5/c1-16-7-9-19(13-17(16)2)26-15-22-21-6-4-3-5-18(21)8-11-24(22)33-25-12-10-20(27(29)30)14-23(25)28(31)32/h3-15H,1-2H3. The first kappa shape index (κ1) is 21.6. The van der Waals surface area contributed by atoms with Crippen molar-refractivity contribution >= 4 is 34.0 Å². The van der Waals surface area contributed by atoms with E-state index in [0.717, 1.165) is 33.7 Å². The molecule has 8 heteroatoms. The Morgan fingerprint density at radius 1 is 0.818 bits per heavy atom. The summed E-state index contributed by atoms with van der Waals surface area (Å²) in [7, 11) is 0. The Balaban J connectivity index is 1.82. The lowest BCUT2D eigenvalue weighted by atomic mass is 10.0. The zero-order valence-electron chi connectivity index (χ0n) is 17.9. The lowest BCUT2D eigenvalue weighted by molar-refractivity contribution is -0.394. The molecule has 8 nitrogen and oxygen atoms in total. The Hall–Kier alpha value is -4.59. The van der Waals surface area contributed by atoms with Crippen LogP contribution in [-0.4, -0.2) is 16.1 Å². The molecule has 0 aromatic heterocycles. The summed E-state index contributed by atoms with van der Waals surface area (Å²) in [6.07, 6.45) is 1.67. The lowest BCUT2D eigenvalue weighted by Gasteiger charge is -2.12. The molecular formula is C25H19N3O5. The summed E-state index contributed by atoms with van der Waals surface area (Å²) < 4.78 is 5.92. The molecule has 0 saturated carbocycles. The molecule has 0 atom stereocenters. The number of non-ortho nitro benzene ring substituents is 1. The van der Waals surface area contributed by atoms with Gasteiger partial charge in [0.05, 0.1) is 21.6 Å². The Bertz CT molecular complexity index is 1430. The molecule has 0 heterocycles. The average Bonchev–Trinajstić information content (AvgIpc) is 2.80. The van der Waals surface area contributed by atoms with Crippen molar-refractivity contribution in [2.45, 2.75) is 13.8 Å². The van der Waals surface area contributed by atoms with E-state index in [1.165, 1.54) is 12.1 Å². The summed E-state index contributed by atoms with van der Waals surface area (Å²) >= 11 is 0. The summed E-state index contributed by atoms with van der Waals surface area (Å²) in [6.45, 7) is 4.03. The Morgan fingerprint density at radius 3 is 2.30 bits per heavy atom. The van der Waals surface area contributed by atoms with E-state index in [4.69, 9.17) is 4.74 Å². The highest BCUT2D eigenvalue weighted by molar-refractivity contribution is 6.03. The van der Waals surface area contributed by atoms with Gasteiger partial charge in [-0.05, 0) is 60.0 Å². The minimum atomic E-state index is -0.702. The highest BCUT2D eigenvalue weighted by Gasteiger charge is 2.22. The molecule has 0 fully saturated rings. The van der Waals surface area contributed by atoms with Crippen LogP contribution in [0.1, 0.15) is 16.7 Å². The van der Waals surface area contributed by atoms with Crippen molar-refractivity contribution in [2.75, 3.05) is 0 Å². The normalized spacial score (nSPS) is 11.1. The molecule has 0 amide bonds. The fraction of sp³-hybridized carbons (Fsp3) is 0.0800. The number of aliphatic imine (C=N–C) groups is 1. The molecule has 33 heavy (non-hydrogen) atoms. The van der Waals surface area contributed by atoms with Gasteiger partial charge in [-0.3, -0.25) is 25.2 Å². The van der Waals surface area contributed by atoms with Crippen molar-refractivity contribution < 1.29 is 14.6 Å². The van der Waals surface area contributed by atoms with Crippen molar-refractivity contribution in [2.24, 2.45) is 4.99 Å². The number of rotatable bonds is 6. The van der Waals surface area contributed by atoms with Gasteiger partial charge in [0, 0.05) is 17.8 Å². The van der Waals surface area contributed by atoms with Gasteiger partial charge in [0.2, 0.25) is 5.75 Å². The van der Waals surface area contributed by atoms with E-state index in [-0.39, 0.29) is 11.4 Å². The van der Waals surface area contributed by atoms with Gasteiger partial charge in [-0.1, -0.05) is 36.4 Å². The van der Waals surface area contributed by atoms with Gasteiger partial charge >= 0.3 is 5.69 Å². The molecule has 0 aliphatic carbocycles. The topological polar surface area (TPSA) is 108 Å². The molecule has 0 spiro atoms. The molecule has 4 aromatic rings. The molecular weight excluding hydrogens is 422 g/mol. The molecule has 4 rings (SSSR count). The zero-order chi connectivity index (χ0) is 23.5. The lowest BCUT2D eigenvalue weighted by Crippen LogP contribution is -1.98. The quantitative estimate of drug-likeness (QED) is 0.185. The van der Waals surface area contributed by atoms with Gasteiger partial charge in [0.1, 0.15) is 5.75 Å². The van der Waals surface area contributed by atoms with Crippen LogP contribution in [0.4, 0.5) is 17.1 Å². The van der Waals surface area contributed by atoms with Crippen LogP contribution < -0.4 is 4.74 Å². The van der Waals surface area contributed by atoms with Crippen LogP contribution in [0.25, 0.3) is 10.8 Å². The third-order valence-electron chi connectivity index (χ3n) is 5.33. The van der Waals surface area contributed by atoms with E-state index >= 15 is 0 Å². The van der Waals surface area contributed by atoms with Crippen LogP contribution in [0.3, 0.4) is 0 Å². The van der Waals surface area contributed by atoms with Crippen LogP contribution in [0.5, 0.6) is 11.5 Å². The van der Waals surface area contributed by atoms with Crippen molar-refractivity contribution in [1.29, 1.82) is 0 Å². The summed E-state index contributed by atoms with van der Waals surface area (Å²) in [5.41, 5.74) is 2.80. The van der Waals surface area contributed by atoms with Crippen molar-refractivity contribution in [3.63, 3.8) is 0 Å². The number of benzene rings is 4. The van der Waals surface area contributed by atoms with Gasteiger partial charge in [-0.2, -0.15) is 0 Å². The SMILES string of the molecule is Cc1ccc(N=Cc2c(Oc3ccc([N+](=O)[O-])cc3[N+](=O)[O-])ccc3ccccc23)cc1C. The number of hydrogen-bond donors (Lipinski definition) is 0. The van der Waals surface area contributed by atoms with Crippen LogP contribution in [0.15, 0.2) is 77.8 Å². The van der Waals surface area contributed by atoms with Crippen molar-refractivity contribution in [3.05, 3.63) is 110 Å². The predicted molar refractivity (Wildman–Crippen MR) is 127 cm³/mol. The monoisotopic (exact) mass is 441 g/mol. The fourth-order valence-electron chi connectivity index (χ4n) is 3.41. The molecule has 0 radical (unpaired) electrons. The Kier molecular flexibility index (Phi) is 5.82. The number of ether oxygens (including phenoxy) is 1. The first-order chi connectivity index (χ1) is 15.8. The summed E-state index contributed by atoms with van der Waals surface area (Å²) in [6, 6.07) is 20.4. The van der Waals surface area contributed by atoms with Gasteiger partial charge in [-0.25, -0.2) is 0 Å². The number of nitrogens with zero attached hydrogens (tertiary/aromatic N) is 3. The third-order valence-corrected chi connectivity index (χ3v) is 5.33. The molecule has 0 saturated heterocycles. The van der Waals surface area contributed by atoms with Crippen LogP contribution in [-0.2, 0) is 0 Å². The molecule has 0 N–H and O–H groups in total. The summed E-state index contributed by atoms with van der Waals surface area (Å²) in [5, 5.41) is 24.4. The van der Waals surface area contributed by atoms with Crippen LogP contribution >= 0.6 is 0 Å². The molecule has 164 valence electrons. The predicted octanol–water partition coefficient (Wildman–Crippen LogP) is 6.82. The summed E-state index contributed by atoms with van der Waals surface area (Å²) in [4.78, 5) is 25.8. The van der Waals surface area contributed by atoms with E-state index in [9.17, 15) is 20.2 Å². The van der Waals surface area contributed by atoms with E-state index < -0.39 is 15.5 Å². The first-order valence-corrected chi connectivity index (χ1v) is 10.1. The van der Waals surface area contributed by atoms with Gasteiger partial charge in [0.15, 0.2) is 0 Å². The third kappa shape index (κ3) is 4.54. The van der Waals surface area contributed by atoms with E-state index in [1.54, 1.807) is 12.3 Å². The maximum absolute atomic E-state index is 11.5. The maximum atomic E-state index is 11.5. The van der Waals surface area contributed by atoms with Crippen LogP contribution in [0.2, 0.25) is 0 Å². The Labute approximate surface area is 189 Å². The minimum absolute atomic E-state index is 0.0956. The number of fused-ring (bicyclic) bond motifs is 1. The zero-order valence-corrected chi connectivity index (χ0v) is 17.9. The van der Waals surface area contributed by atoms with Gasteiger partial charge < -0.3 is 4.74 Å². The molecule has 0 unspecified atom stereocenters. The van der Waals surface area contributed by atoms with Gasteiger partial charge in [0.25, 0.3) is 5.69 Å². The molecule has 0 bridgehead atoms. The number of nitro benzene ring substituents is 2. The van der Waals surface area contributed by atoms with Crippen molar-refractivity contribution in [1.82, 2.24) is 0 Å². The molecule has 0 aliphatic heterocycles. The molecule has 0 aliphatic rings. The van der Waals surface area contributed by atoms with Crippen molar-refractivity contribution in [3.8, 4) is 11.5 Å². The van der Waals surface area contributed by atoms with Crippen LogP contribution in [0, 0.1) is 34.1 Å². The second-order valence-electron chi connectivity index (χ2n) is 7.49. The van der Waals surface area contributed by atoms with Gasteiger partial charge in [-0.15, -0.1) is 0 Å². The fourth-order valence-corrected chi connectivity index (χ4v) is 3.41. The van der Waals surface area contributed by atoms with E-state index in [1.807, 2.05) is 62.4 Å². The highest BCUT2D eigenvalue weighted by atomic mass is 16.6. The highest BCUT2D eigenvalue weighted by Crippen LogP contribution is 2.37. The maximum Gasteiger partial charge on any atom is 0.318 e. The van der Waals surface area contributed by atoms with E-state index in [0.29, 0.717) is 11.3 Å². The number of nitro groups is 2. The number of aryl methyl sites for hydroxylation is 2. The first-order valence-electron chi connectivity index (χ1n) is 10.1.